The fraction of sp³-hybridized carbons (Fsp3) is 0.273. The van der Waals surface area contributed by atoms with Gasteiger partial charge in [0.1, 0.15) is 0 Å². The van der Waals surface area contributed by atoms with Gasteiger partial charge >= 0.3 is 5.69 Å². The third kappa shape index (κ3) is 3.83. The molecule has 0 saturated carbocycles. The number of para-hydroxylation sites is 1. The van der Waals surface area contributed by atoms with Crippen molar-refractivity contribution in [2.45, 2.75) is 18.2 Å². The lowest BCUT2D eigenvalue weighted by molar-refractivity contribution is -0.390. The van der Waals surface area contributed by atoms with Gasteiger partial charge in [0, 0.05) is 6.54 Å². The molecular formula is C11H13FN2O4S. The number of halogens is 1. The summed E-state index contributed by atoms with van der Waals surface area (Å²) in [5, 5.41) is 10.7. The molecule has 0 heterocycles. The number of rotatable bonds is 6. The van der Waals surface area contributed by atoms with Gasteiger partial charge in [-0.25, -0.2) is 13.1 Å². The van der Waals surface area contributed by atoms with E-state index in [0.29, 0.717) is 6.42 Å². The van der Waals surface area contributed by atoms with Crippen LogP contribution in [-0.2, 0) is 10.0 Å². The van der Waals surface area contributed by atoms with Gasteiger partial charge in [-0.3, -0.25) is 10.1 Å². The average Bonchev–Trinajstić information content (AvgIpc) is 2.34. The number of sulfonamides is 1. The zero-order valence-corrected chi connectivity index (χ0v) is 11.0. The van der Waals surface area contributed by atoms with E-state index in [-0.39, 0.29) is 6.54 Å². The summed E-state index contributed by atoms with van der Waals surface area (Å²) in [6, 6.07) is 2.96. The lowest BCUT2D eigenvalue weighted by Gasteiger charge is -2.06. The van der Waals surface area contributed by atoms with Gasteiger partial charge < -0.3 is 0 Å². The Kier molecular flexibility index (Phi) is 5.13. The molecule has 0 aliphatic heterocycles. The first-order valence-corrected chi connectivity index (χ1v) is 6.92. The van der Waals surface area contributed by atoms with Crippen molar-refractivity contribution in [1.29, 1.82) is 0 Å². The standard InChI is InChI=1S/C11H13FN2O4S/c1-2-3-4-8-13-19(17,18)10-7-5-6-9(12)11(10)14(15)16/h2-3,5-7,13H,4,8H2,1H3/b3-2+. The number of hydrogen-bond donors (Lipinski definition) is 1. The van der Waals surface area contributed by atoms with Crippen molar-refractivity contribution in [3.63, 3.8) is 0 Å². The molecule has 104 valence electrons. The Labute approximate surface area is 110 Å². The minimum Gasteiger partial charge on any atom is -0.258 e. The van der Waals surface area contributed by atoms with Gasteiger partial charge in [0.05, 0.1) is 4.92 Å². The fourth-order valence-electron chi connectivity index (χ4n) is 1.41. The van der Waals surface area contributed by atoms with Gasteiger partial charge in [-0.05, 0) is 25.5 Å². The van der Waals surface area contributed by atoms with E-state index in [1.54, 1.807) is 19.1 Å². The molecule has 1 N–H and O–H groups in total. The van der Waals surface area contributed by atoms with Crippen molar-refractivity contribution < 1.29 is 17.7 Å². The zero-order chi connectivity index (χ0) is 14.5. The molecule has 0 saturated heterocycles. The molecule has 0 spiro atoms. The molecule has 0 atom stereocenters. The van der Waals surface area contributed by atoms with E-state index in [2.05, 4.69) is 4.72 Å². The molecular weight excluding hydrogens is 275 g/mol. The average molecular weight is 288 g/mol. The van der Waals surface area contributed by atoms with Crippen LogP contribution >= 0.6 is 0 Å². The van der Waals surface area contributed by atoms with Crippen molar-refractivity contribution in [1.82, 2.24) is 4.72 Å². The second kappa shape index (κ2) is 6.39. The van der Waals surface area contributed by atoms with E-state index in [4.69, 9.17) is 0 Å². The lowest BCUT2D eigenvalue weighted by atomic mass is 10.3. The Morgan fingerprint density at radius 2 is 2.16 bits per heavy atom. The predicted octanol–water partition coefficient (Wildman–Crippen LogP) is 1.98. The summed E-state index contributed by atoms with van der Waals surface area (Å²) in [4.78, 5) is 9.01. The second-order valence-electron chi connectivity index (χ2n) is 3.60. The van der Waals surface area contributed by atoms with Gasteiger partial charge in [-0.15, -0.1) is 0 Å². The molecule has 6 nitrogen and oxygen atoms in total. The molecule has 1 aromatic carbocycles. The largest absolute Gasteiger partial charge is 0.324 e. The van der Waals surface area contributed by atoms with Gasteiger partial charge in [-0.2, -0.15) is 4.39 Å². The van der Waals surface area contributed by atoms with E-state index < -0.39 is 31.3 Å². The van der Waals surface area contributed by atoms with Crippen molar-refractivity contribution >= 4 is 15.7 Å². The molecule has 1 aromatic rings. The first kappa shape index (κ1) is 15.3. The third-order valence-electron chi connectivity index (χ3n) is 2.26. The number of allylic oxidation sites excluding steroid dienone is 1. The highest BCUT2D eigenvalue weighted by Crippen LogP contribution is 2.26. The Morgan fingerprint density at radius 1 is 1.47 bits per heavy atom. The van der Waals surface area contributed by atoms with Crippen LogP contribution in [0.25, 0.3) is 0 Å². The molecule has 0 radical (unpaired) electrons. The van der Waals surface area contributed by atoms with Crippen LogP contribution in [0, 0.1) is 15.9 Å². The van der Waals surface area contributed by atoms with Crippen LogP contribution in [0.2, 0.25) is 0 Å². The van der Waals surface area contributed by atoms with E-state index in [9.17, 15) is 22.9 Å². The number of hydrogen-bond acceptors (Lipinski definition) is 4. The van der Waals surface area contributed by atoms with Crippen LogP contribution in [0.15, 0.2) is 35.2 Å². The minimum absolute atomic E-state index is 0.0837. The van der Waals surface area contributed by atoms with Gasteiger partial charge in [0.15, 0.2) is 4.90 Å². The Morgan fingerprint density at radius 3 is 2.74 bits per heavy atom. The lowest BCUT2D eigenvalue weighted by Crippen LogP contribution is -2.25. The summed E-state index contributed by atoms with van der Waals surface area (Å²) in [5.74, 6) is -1.18. The second-order valence-corrected chi connectivity index (χ2v) is 5.33. The molecule has 0 aliphatic rings. The molecule has 1 rings (SSSR count). The fourth-order valence-corrected chi connectivity index (χ4v) is 2.64. The highest BCUT2D eigenvalue weighted by Gasteiger charge is 2.28. The van der Waals surface area contributed by atoms with E-state index in [0.717, 1.165) is 18.2 Å². The number of nitro groups is 1. The first-order valence-electron chi connectivity index (χ1n) is 5.44. The summed E-state index contributed by atoms with van der Waals surface area (Å²) in [7, 11) is -4.10. The smallest absolute Gasteiger partial charge is 0.258 e. The van der Waals surface area contributed by atoms with Crippen LogP contribution < -0.4 is 4.72 Å². The summed E-state index contributed by atoms with van der Waals surface area (Å²) in [5.41, 5.74) is -1.04. The quantitative estimate of drug-likeness (QED) is 0.375. The monoisotopic (exact) mass is 288 g/mol. The molecule has 19 heavy (non-hydrogen) atoms. The van der Waals surface area contributed by atoms with Crippen LogP contribution in [-0.4, -0.2) is 19.9 Å². The summed E-state index contributed by atoms with van der Waals surface area (Å²) in [6.07, 6.45) is 3.93. The summed E-state index contributed by atoms with van der Waals surface area (Å²) >= 11 is 0. The molecule has 8 heteroatoms. The SMILES string of the molecule is C/C=C/CCNS(=O)(=O)c1cccc(F)c1[N+](=O)[O-]. The zero-order valence-electron chi connectivity index (χ0n) is 10.2. The van der Waals surface area contributed by atoms with Crippen molar-refractivity contribution in [3.8, 4) is 0 Å². The van der Waals surface area contributed by atoms with Gasteiger partial charge in [0.2, 0.25) is 15.8 Å². The van der Waals surface area contributed by atoms with Crippen LogP contribution in [0.1, 0.15) is 13.3 Å². The molecule has 0 aliphatic carbocycles. The molecule has 0 aromatic heterocycles. The number of benzene rings is 1. The normalized spacial score (nSPS) is 11.9. The minimum atomic E-state index is -4.10. The Hall–Kier alpha value is -1.80. The molecule has 0 bridgehead atoms. The van der Waals surface area contributed by atoms with E-state index >= 15 is 0 Å². The first-order chi connectivity index (χ1) is 8.90. The molecule has 0 unspecified atom stereocenters. The van der Waals surface area contributed by atoms with Crippen LogP contribution in [0.5, 0.6) is 0 Å². The van der Waals surface area contributed by atoms with Gasteiger partial charge in [-0.1, -0.05) is 18.2 Å². The highest BCUT2D eigenvalue weighted by atomic mass is 32.2. The van der Waals surface area contributed by atoms with E-state index in [1.807, 2.05) is 0 Å². The van der Waals surface area contributed by atoms with E-state index in [1.165, 1.54) is 0 Å². The maximum atomic E-state index is 13.3. The summed E-state index contributed by atoms with van der Waals surface area (Å²) < 4.78 is 39.2. The maximum absolute atomic E-state index is 13.3. The number of nitro benzene ring substituents is 1. The Balaban J connectivity index is 3.08. The topological polar surface area (TPSA) is 89.3 Å². The molecule has 0 amide bonds. The van der Waals surface area contributed by atoms with Crippen LogP contribution in [0.3, 0.4) is 0 Å². The van der Waals surface area contributed by atoms with Crippen molar-refractivity contribution in [2.75, 3.05) is 6.54 Å². The predicted molar refractivity (Wildman–Crippen MR) is 67.7 cm³/mol. The molecule has 0 fully saturated rings. The van der Waals surface area contributed by atoms with Crippen LogP contribution in [0.4, 0.5) is 10.1 Å². The van der Waals surface area contributed by atoms with Gasteiger partial charge in [0.25, 0.3) is 0 Å². The maximum Gasteiger partial charge on any atom is 0.324 e. The number of nitrogens with one attached hydrogen (secondary N) is 1. The third-order valence-corrected chi connectivity index (χ3v) is 3.75. The summed E-state index contributed by atoms with van der Waals surface area (Å²) in [6.45, 7) is 1.87. The highest BCUT2D eigenvalue weighted by molar-refractivity contribution is 7.89. The number of nitrogens with zero attached hydrogens (tertiary/aromatic N) is 1. The van der Waals surface area contributed by atoms with Crippen molar-refractivity contribution in [3.05, 3.63) is 46.3 Å². The van der Waals surface area contributed by atoms with Crippen molar-refractivity contribution in [2.24, 2.45) is 0 Å². The Bertz CT molecular complexity index is 599.